The van der Waals surface area contributed by atoms with E-state index in [0.717, 1.165) is 17.4 Å². The molecule has 0 saturated carbocycles. The van der Waals surface area contributed by atoms with Crippen LogP contribution < -0.4 is 0 Å². The second-order valence-corrected chi connectivity index (χ2v) is 6.64. The first kappa shape index (κ1) is 17.7. The number of carbonyl (C=O) groups is 1. The van der Waals surface area contributed by atoms with E-state index < -0.39 is 0 Å². The van der Waals surface area contributed by atoms with Crippen molar-refractivity contribution in [3.63, 3.8) is 0 Å². The maximum Gasteiger partial charge on any atom is 0.160 e. The van der Waals surface area contributed by atoms with E-state index in [1.54, 1.807) is 6.92 Å². The molecule has 1 nitrogen and oxygen atoms in total. The third kappa shape index (κ3) is 5.49. The molecule has 0 aromatic heterocycles. The van der Waals surface area contributed by atoms with Gasteiger partial charge >= 0.3 is 0 Å². The van der Waals surface area contributed by atoms with Crippen LogP contribution in [0.2, 0.25) is 0 Å². The van der Waals surface area contributed by atoms with Crippen LogP contribution in [0.25, 0.3) is 10.8 Å². The van der Waals surface area contributed by atoms with Gasteiger partial charge in [0.05, 0.1) is 0 Å². The summed E-state index contributed by atoms with van der Waals surface area (Å²) in [6.45, 7) is 3.94. The summed E-state index contributed by atoms with van der Waals surface area (Å²) in [6, 6.07) is 12.6. The standard InChI is InChI=1S/C22H30O/c1-3-4-5-6-7-8-9-10-15-21-16-19-13-11-12-14-20(19)17-22(21)18(2)23/h11-14,16-17H,3-10,15H2,1-2H3. The molecule has 0 unspecified atom stereocenters. The lowest BCUT2D eigenvalue weighted by Gasteiger charge is -2.10. The number of ketones is 1. The topological polar surface area (TPSA) is 17.1 Å². The van der Waals surface area contributed by atoms with E-state index in [0.29, 0.717) is 0 Å². The first-order valence-electron chi connectivity index (χ1n) is 9.25. The summed E-state index contributed by atoms with van der Waals surface area (Å²) in [5.41, 5.74) is 2.13. The van der Waals surface area contributed by atoms with E-state index >= 15 is 0 Å². The van der Waals surface area contributed by atoms with Crippen LogP contribution in [0, 0.1) is 0 Å². The van der Waals surface area contributed by atoms with Crippen molar-refractivity contribution in [2.75, 3.05) is 0 Å². The summed E-state index contributed by atoms with van der Waals surface area (Å²) in [4.78, 5) is 11.9. The summed E-state index contributed by atoms with van der Waals surface area (Å²) >= 11 is 0. The first-order valence-corrected chi connectivity index (χ1v) is 9.25. The Bertz CT molecular complexity index is 627. The van der Waals surface area contributed by atoms with Crippen LogP contribution in [0.4, 0.5) is 0 Å². The molecule has 0 fully saturated rings. The molecule has 0 saturated heterocycles. The maximum atomic E-state index is 11.9. The summed E-state index contributed by atoms with van der Waals surface area (Å²) in [7, 11) is 0. The van der Waals surface area contributed by atoms with E-state index in [-0.39, 0.29) is 5.78 Å². The monoisotopic (exact) mass is 310 g/mol. The molecule has 2 rings (SSSR count). The van der Waals surface area contributed by atoms with Crippen molar-refractivity contribution in [2.24, 2.45) is 0 Å². The minimum Gasteiger partial charge on any atom is -0.295 e. The Kier molecular flexibility index (Phi) is 7.32. The van der Waals surface area contributed by atoms with E-state index in [1.165, 1.54) is 62.3 Å². The van der Waals surface area contributed by atoms with Gasteiger partial charge in [0.1, 0.15) is 0 Å². The second-order valence-electron chi connectivity index (χ2n) is 6.64. The number of hydrogen-bond donors (Lipinski definition) is 0. The van der Waals surface area contributed by atoms with E-state index in [4.69, 9.17) is 0 Å². The lowest BCUT2D eigenvalue weighted by molar-refractivity contribution is 0.101. The molecular weight excluding hydrogens is 280 g/mol. The van der Waals surface area contributed by atoms with Crippen molar-refractivity contribution < 1.29 is 4.79 Å². The highest BCUT2D eigenvalue weighted by Crippen LogP contribution is 2.22. The number of Topliss-reactive ketones (excluding diaryl/α,β-unsaturated/α-hetero) is 1. The fraction of sp³-hybridized carbons (Fsp3) is 0.500. The average Bonchev–Trinajstić information content (AvgIpc) is 2.56. The molecule has 2 aromatic rings. The van der Waals surface area contributed by atoms with Crippen LogP contribution in [0.5, 0.6) is 0 Å². The number of carbonyl (C=O) groups excluding carboxylic acids is 1. The largest absolute Gasteiger partial charge is 0.295 e. The molecule has 0 aliphatic heterocycles. The Morgan fingerprint density at radius 2 is 1.39 bits per heavy atom. The molecule has 2 aromatic carbocycles. The minimum atomic E-state index is 0.185. The quantitative estimate of drug-likeness (QED) is 0.351. The zero-order valence-electron chi connectivity index (χ0n) is 14.7. The molecule has 0 spiro atoms. The Labute approximate surface area is 141 Å². The molecule has 0 amide bonds. The van der Waals surface area contributed by atoms with E-state index in [2.05, 4.69) is 37.3 Å². The van der Waals surface area contributed by atoms with Gasteiger partial charge in [0, 0.05) is 5.56 Å². The third-order valence-electron chi connectivity index (χ3n) is 4.65. The molecule has 0 bridgehead atoms. The number of hydrogen-bond acceptors (Lipinski definition) is 1. The Morgan fingerprint density at radius 1 is 0.826 bits per heavy atom. The zero-order valence-corrected chi connectivity index (χ0v) is 14.7. The summed E-state index contributed by atoms with van der Waals surface area (Å²) in [5.74, 6) is 0.185. The smallest absolute Gasteiger partial charge is 0.160 e. The van der Waals surface area contributed by atoms with Gasteiger partial charge < -0.3 is 0 Å². The fourth-order valence-corrected chi connectivity index (χ4v) is 3.27. The predicted molar refractivity (Wildman–Crippen MR) is 100 cm³/mol. The molecule has 124 valence electrons. The molecule has 0 aliphatic rings. The Hall–Kier alpha value is -1.63. The van der Waals surface area contributed by atoms with Crippen molar-refractivity contribution >= 4 is 16.6 Å². The summed E-state index contributed by atoms with van der Waals surface area (Å²) in [5, 5.41) is 2.41. The summed E-state index contributed by atoms with van der Waals surface area (Å²) in [6.07, 6.45) is 11.6. The SMILES string of the molecule is CCCCCCCCCCc1cc2ccccc2cc1C(C)=O. The van der Waals surface area contributed by atoms with Gasteiger partial charge in [0.15, 0.2) is 5.78 Å². The van der Waals surface area contributed by atoms with Gasteiger partial charge in [-0.3, -0.25) is 4.79 Å². The molecule has 0 radical (unpaired) electrons. The lowest BCUT2D eigenvalue weighted by Crippen LogP contribution is -2.00. The molecule has 0 N–H and O–H groups in total. The number of rotatable bonds is 10. The van der Waals surface area contributed by atoms with Gasteiger partial charge in [-0.05, 0) is 42.2 Å². The summed E-state index contributed by atoms with van der Waals surface area (Å²) < 4.78 is 0. The van der Waals surface area contributed by atoms with Crippen LogP contribution in [-0.2, 0) is 6.42 Å². The van der Waals surface area contributed by atoms with Crippen LogP contribution in [0.15, 0.2) is 36.4 Å². The molecule has 0 aliphatic carbocycles. The van der Waals surface area contributed by atoms with Gasteiger partial charge in [0.25, 0.3) is 0 Å². The van der Waals surface area contributed by atoms with Crippen LogP contribution >= 0.6 is 0 Å². The van der Waals surface area contributed by atoms with Crippen LogP contribution in [-0.4, -0.2) is 5.78 Å². The van der Waals surface area contributed by atoms with Crippen molar-refractivity contribution in [2.45, 2.75) is 71.6 Å². The third-order valence-corrected chi connectivity index (χ3v) is 4.65. The maximum absolute atomic E-state index is 11.9. The Balaban J connectivity index is 1.89. The molecule has 0 atom stereocenters. The van der Waals surface area contributed by atoms with Crippen molar-refractivity contribution in [3.05, 3.63) is 47.5 Å². The number of unbranched alkanes of at least 4 members (excludes halogenated alkanes) is 7. The fourth-order valence-electron chi connectivity index (χ4n) is 3.27. The molecule has 1 heteroatoms. The van der Waals surface area contributed by atoms with Gasteiger partial charge in [0.2, 0.25) is 0 Å². The molecule has 0 heterocycles. The lowest BCUT2D eigenvalue weighted by atomic mass is 9.94. The number of aryl methyl sites for hydroxylation is 1. The van der Waals surface area contributed by atoms with Gasteiger partial charge in [-0.25, -0.2) is 0 Å². The van der Waals surface area contributed by atoms with Crippen molar-refractivity contribution in [1.82, 2.24) is 0 Å². The highest BCUT2D eigenvalue weighted by Gasteiger charge is 2.09. The zero-order chi connectivity index (χ0) is 16.5. The highest BCUT2D eigenvalue weighted by molar-refractivity contribution is 6.00. The first-order chi connectivity index (χ1) is 11.2. The number of fused-ring (bicyclic) bond motifs is 1. The van der Waals surface area contributed by atoms with E-state index in [9.17, 15) is 4.79 Å². The molecular formula is C22H30O. The Morgan fingerprint density at radius 3 is 2.00 bits per heavy atom. The van der Waals surface area contributed by atoms with Gasteiger partial charge in [-0.2, -0.15) is 0 Å². The van der Waals surface area contributed by atoms with E-state index in [1.807, 2.05) is 6.07 Å². The van der Waals surface area contributed by atoms with Gasteiger partial charge in [-0.15, -0.1) is 0 Å². The predicted octanol–water partition coefficient (Wildman–Crippen LogP) is 6.73. The highest BCUT2D eigenvalue weighted by atomic mass is 16.1. The second kappa shape index (κ2) is 9.50. The van der Waals surface area contributed by atoms with Crippen molar-refractivity contribution in [1.29, 1.82) is 0 Å². The van der Waals surface area contributed by atoms with Gasteiger partial charge in [-0.1, -0.05) is 82.2 Å². The van der Waals surface area contributed by atoms with Crippen LogP contribution in [0.3, 0.4) is 0 Å². The average molecular weight is 310 g/mol. The normalized spacial score (nSPS) is 11.0. The van der Waals surface area contributed by atoms with Crippen LogP contribution in [0.1, 0.15) is 81.1 Å². The van der Waals surface area contributed by atoms with Crippen molar-refractivity contribution in [3.8, 4) is 0 Å². The molecule has 23 heavy (non-hydrogen) atoms. The number of benzene rings is 2. The minimum absolute atomic E-state index is 0.185.